The lowest BCUT2D eigenvalue weighted by Gasteiger charge is -2.00. The smallest absolute Gasteiger partial charge is 0.0181 e. The first-order valence-electron chi connectivity index (χ1n) is 4.20. The molecule has 0 aromatic rings. The predicted octanol–water partition coefficient (Wildman–Crippen LogP) is 3.49. The normalized spacial score (nSPS) is 23.0. The first-order chi connectivity index (χ1) is 5.63. The van der Waals surface area contributed by atoms with E-state index in [9.17, 15) is 0 Å². The Bertz CT molecular complexity index is 376. The second-order valence-electron chi connectivity index (χ2n) is 3.45. The summed E-state index contributed by atoms with van der Waals surface area (Å²) in [4.78, 5) is 0. The third kappa shape index (κ3) is 0.820. The average Bonchev–Trinajstić information content (AvgIpc) is 2.51. The Labute approximate surface area is 75.5 Å². The van der Waals surface area contributed by atoms with Gasteiger partial charge >= 0.3 is 0 Å². The molecule has 1 aliphatic heterocycles. The number of hydrogen-bond acceptors (Lipinski definition) is 0. The van der Waals surface area contributed by atoms with Gasteiger partial charge in [-0.25, -0.2) is 0 Å². The van der Waals surface area contributed by atoms with Gasteiger partial charge in [-0.1, -0.05) is 8.20 Å². The van der Waals surface area contributed by atoms with Crippen molar-refractivity contribution in [2.75, 3.05) is 0 Å². The Hall–Kier alpha value is -0.610. The van der Waals surface area contributed by atoms with Crippen LogP contribution in [0.4, 0.5) is 0 Å². The molecule has 0 N–H and O–H groups in total. The molecule has 0 bridgehead atoms. The van der Waals surface area contributed by atoms with Gasteiger partial charge < -0.3 is 0 Å². The van der Waals surface area contributed by atoms with Crippen LogP contribution in [0.1, 0.15) is 27.7 Å². The van der Waals surface area contributed by atoms with Gasteiger partial charge in [-0.05, 0) is 55.6 Å². The summed E-state index contributed by atoms with van der Waals surface area (Å²) in [6.07, 6.45) is 0. The number of rotatable bonds is 0. The molecule has 1 radical (unpaired) electrons. The van der Waals surface area contributed by atoms with Gasteiger partial charge in [0.25, 0.3) is 0 Å². The minimum Gasteiger partial charge on any atom is -0.0582 e. The molecular formula is C11H12P. The Morgan fingerprint density at radius 1 is 0.917 bits per heavy atom. The molecule has 0 aromatic carbocycles. The van der Waals surface area contributed by atoms with Gasteiger partial charge in [0.1, 0.15) is 0 Å². The van der Waals surface area contributed by atoms with Crippen molar-refractivity contribution >= 4 is 13.5 Å². The maximum atomic E-state index is 3.36. The van der Waals surface area contributed by atoms with Crippen molar-refractivity contribution in [3.8, 4) is 0 Å². The van der Waals surface area contributed by atoms with E-state index in [1.807, 2.05) is 0 Å². The highest BCUT2D eigenvalue weighted by molar-refractivity contribution is 7.45. The van der Waals surface area contributed by atoms with Crippen molar-refractivity contribution in [1.82, 2.24) is 0 Å². The van der Waals surface area contributed by atoms with E-state index in [1.165, 1.54) is 41.4 Å². The van der Waals surface area contributed by atoms with E-state index in [2.05, 4.69) is 33.5 Å². The van der Waals surface area contributed by atoms with Gasteiger partial charge in [-0.2, -0.15) is 0 Å². The average molecular weight is 175 g/mol. The van der Waals surface area contributed by atoms with Gasteiger partial charge in [0.05, 0.1) is 0 Å². The molecule has 2 aliphatic rings. The maximum Gasteiger partial charge on any atom is 0.0181 e. The first kappa shape index (κ1) is 8.01. The molecule has 12 heavy (non-hydrogen) atoms. The fourth-order valence-corrected chi connectivity index (χ4v) is 2.98. The molecule has 0 fully saturated rings. The minimum atomic E-state index is 1.27. The lowest BCUT2D eigenvalue weighted by molar-refractivity contribution is 1.30. The van der Waals surface area contributed by atoms with Gasteiger partial charge in [-0.15, -0.1) is 0 Å². The number of hydrogen-bond donors (Lipinski definition) is 0. The van der Waals surface area contributed by atoms with Crippen molar-refractivity contribution in [2.45, 2.75) is 27.7 Å². The van der Waals surface area contributed by atoms with Gasteiger partial charge in [-0.3, -0.25) is 0 Å². The van der Waals surface area contributed by atoms with E-state index < -0.39 is 0 Å². The Morgan fingerprint density at radius 2 is 1.58 bits per heavy atom. The third-order valence-electron chi connectivity index (χ3n) is 2.80. The highest BCUT2D eigenvalue weighted by atomic mass is 31.1. The van der Waals surface area contributed by atoms with Crippen molar-refractivity contribution < 1.29 is 0 Å². The zero-order chi connectivity index (χ0) is 8.88. The molecule has 1 heteroatoms. The molecule has 0 aromatic heterocycles. The maximum absolute atomic E-state index is 3.36. The van der Waals surface area contributed by atoms with Crippen LogP contribution in [-0.2, 0) is 0 Å². The van der Waals surface area contributed by atoms with Crippen molar-refractivity contribution in [3.05, 3.63) is 33.7 Å². The summed E-state index contributed by atoms with van der Waals surface area (Å²) < 4.78 is 0. The van der Waals surface area contributed by atoms with Crippen LogP contribution in [0.2, 0.25) is 0 Å². The topological polar surface area (TPSA) is 0 Å². The van der Waals surface area contributed by atoms with Gasteiger partial charge in [0.2, 0.25) is 0 Å². The second-order valence-corrected chi connectivity index (χ2v) is 4.34. The van der Waals surface area contributed by atoms with E-state index in [-0.39, 0.29) is 0 Å². The summed E-state index contributed by atoms with van der Waals surface area (Å²) >= 11 is 0. The van der Waals surface area contributed by atoms with Crippen LogP contribution in [0.25, 0.3) is 0 Å². The Morgan fingerprint density at radius 3 is 2.17 bits per heavy atom. The Balaban J connectivity index is 2.64. The lowest BCUT2D eigenvalue weighted by Crippen LogP contribution is -1.94. The molecule has 0 saturated carbocycles. The van der Waals surface area contributed by atoms with Gasteiger partial charge in [0.15, 0.2) is 0 Å². The van der Waals surface area contributed by atoms with Crippen LogP contribution in [0.15, 0.2) is 27.9 Å². The molecule has 0 spiro atoms. The monoisotopic (exact) mass is 175 g/mol. The molecule has 0 atom stereocenters. The van der Waals surface area contributed by atoms with Crippen molar-refractivity contribution in [3.63, 3.8) is 0 Å². The van der Waals surface area contributed by atoms with E-state index in [4.69, 9.17) is 0 Å². The first-order valence-corrected chi connectivity index (χ1v) is 5.09. The summed E-state index contributed by atoms with van der Waals surface area (Å²) in [7, 11) is 1.27. The molecule has 61 valence electrons. The van der Waals surface area contributed by atoms with Crippen LogP contribution in [0, 0.1) is 5.82 Å². The van der Waals surface area contributed by atoms with Crippen molar-refractivity contribution in [1.29, 1.82) is 0 Å². The summed E-state index contributed by atoms with van der Waals surface area (Å²) in [6, 6.07) is 0. The molecule has 0 unspecified atom stereocenters. The lowest BCUT2D eigenvalue weighted by atomic mass is 10.0. The van der Waals surface area contributed by atoms with Crippen LogP contribution < -0.4 is 0 Å². The minimum absolute atomic E-state index is 1.27. The van der Waals surface area contributed by atoms with E-state index in [0.717, 1.165) is 0 Å². The highest BCUT2D eigenvalue weighted by Crippen LogP contribution is 2.40. The van der Waals surface area contributed by atoms with E-state index >= 15 is 0 Å². The fraction of sp³-hybridized carbons (Fsp3) is 0.364. The standard InChI is InChI=1S/C11H12P/c1-6-5-12-11-9(4)7(2)8(3)10(6)11/h1-4H3. The molecule has 1 heterocycles. The molecule has 2 rings (SSSR count). The molecule has 0 nitrogen and oxygen atoms in total. The van der Waals surface area contributed by atoms with Gasteiger partial charge in [0, 0.05) is 11.1 Å². The molecule has 0 saturated heterocycles. The van der Waals surface area contributed by atoms with Crippen LogP contribution in [-0.4, -0.2) is 5.29 Å². The zero-order valence-corrected chi connectivity index (χ0v) is 8.84. The third-order valence-corrected chi connectivity index (χ3v) is 4.03. The van der Waals surface area contributed by atoms with Crippen LogP contribution in [0.5, 0.6) is 0 Å². The number of fused-ring (bicyclic) bond motifs is 1. The number of allylic oxidation sites excluding steroid dienone is 5. The largest absolute Gasteiger partial charge is 0.0582 e. The predicted molar refractivity (Wildman–Crippen MR) is 55.4 cm³/mol. The zero-order valence-electron chi connectivity index (χ0n) is 7.95. The SMILES string of the molecule is CC1=[C]P=C2C(C)=C(C)C(C)=C12. The van der Waals surface area contributed by atoms with Crippen LogP contribution >= 0.6 is 8.20 Å². The second kappa shape index (κ2) is 2.44. The summed E-state index contributed by atoms with van der Waals surface area (Å²) in [5.74, 6) is 3.36. The Kier molecular flexibility index (Phi) is 1.63. The molecule has 1 aliphatic carbocycles. The molecular weight excluding hydrogens is 163 g/mol. The van der Waals surface area contributed by atoms with E-state index in [1.54, 1.807) is 0 Å². The van der Waals surface area contributed by atoms with E-state index in [0.29, 0.717) is 0 Å². The fourth-order valence-electron chi connectivity index (χ4n) is 1.81. The van der Waals surface area contributed by atoms with Crippen LogP contribution in [0.3, 0.4) is 0 Å². The summed E-state index contributed by atoms with van der Waals surface area (Å²) in [5.41, 5.74) is 7.19. The quantitative estimate of drug-likeness (QED) is 0.494. The van der Waals surface area contributed by atoms with Crippen molar-refractivity contribution in [2.24, 2.45) is 0 Å². The highest BCUT2D eigenvalue weighted by Gasteiger charge is 2.25. The summed E-state index contributed by atoms with van der Waals surface area (Å²) in [6.45, 7) is 8.80. The summed E-state index contributed by atoms with van der Waals surface area (Å²) in [5, 5.41) is 1.49. The molecule has 0 amide bonds.